The first-order chi connectivity index (χ1) is 9.57. The van der Waals surface area contributed by atoms with Crippen LogP contribution >= 0.6 is 0 Å². The highest BCUT2D eigenvalue weighted by Gasteiger charge is 2.09. The molecule has 0 unspecified atom stereocenters. The molecule has 0 radical (unpaired) electrons. The highest BCUT2D eigenvalue weighted by atomic mass is 16.4. The van der Waals surface area contributed by atoms with Crippen LogP contribution in [0.4, 0.5) is 0 Å². The lowest BCUT2D eigenvalue weighted by atomic mass is 10.1. The number of carbonyl (C=O) groups is 2. The van der Waals surface area contributed by atoms with Crippen molar-refractivity contribution in [2.75, 3.05) is 6.54 Å². The topological polar surface area (TPSA) is 92.4 Å². The van der Waals surface area contributed by atoms with Crippen molar-refractivity contribution in [1.29, 1.82) is 0 Å². The maximum atomic E-state index is 11.4. The van der Waals surface area contributed by atoms with E-state index in [9.17, 15) is 9.59 Å². The number of aliphatic carboxylic acids is 1. The number of hydrogen-bond acceptors (Lipinski definition) is 3. The molecule has 0 aromatic rings. The molecule has 0 aromatic carbocycles. The minimum atomic E-state index is -0.972. The second-order valence-corrected chi connectivity index (χ2v) is 4.98. The normalized spacial score (nSPS) is 12.5. The average Bonchev–Trinajstić information content (AvgIpc) is 2.41. The molecule has 5 nitrogen and oxygen atoms in total. The molecule has 116 valence electrons. The third-order valence-corrected chi connectivity index (χ3v) is 3.05. The third-order valence-electron chi connectivity index (χ3n) is 3.05. The Morgan fingerprint density at radius 1 is 1.20 bits per heavy atom. The van der Waals surface area contributed by atoms with Gasteiger partial charge < -0.3 is 16.2 Å². The first-order valence-corrected chi connectivity index (χ1v) is 7.50. The minimum absolute atomic E-state index is 0.0805. The zero-order valence-electron chi connectivity index (χ0n) is 12.4. The highest BCUT2D eigenvalue weighted by Crippen LogP contribution is 2.02. The average molecular weight is 284 g/mol. The number of nitrogens with two attached hydrogens (primary N) is 1. The summed E-state index contributed by atoms with van der Waals surface area (Å²) < 4.78 is 0. The van der Waals surface area contributed by atoms with Crippen LogP contribution in [0, 0.1) is 0 Å². The van der Waals surface area contributed by atoms with Gasteiger partial charge in [0.15, 0.2) is 0 Å². The summed E-state index contributed by atoms with van der Waals surface area (Å²) in [6.07, 6.45) is 11.1. The highest BCUT2D eigenvalue weighted by molar-refractivity contribution is 5.87. The maximum Gasteiger partial charge on any atom is 0.320 e. The van der Waals surface area contributed by atoms with Crippen LogP contribution in [0.25, 0.3) is 0 Å². The lowest BCUT2D eigenvalue weighted by Crippen LogP contribution is -2.30. The van der Waals surface area contributed by atoms with Crippen molar-refractivity contribution in [3.8, 4) is 0 Å². The number of amides is 1. The molecule has 4 N–H and O–H groups in total. The molecule has 0 aliphatic rings. The number of carboxylic acid groups (broad SMARTS) is 1. The fourth-order valence-electron chi connectivity index (χ4n) is 1.76. The quantitative estimate of drug-likeness (QED) is 0.378. The molecule has 1 amide bonds. The van der Waals surface area contributed by atoms with Gasteiger partial charge in [0.1, 0.15) is 6.04 Å². The zero-order valence-corrected chi connectivity index (χ0v) is 12.4. The summed E-state index contributed by atoms with van der Waals surface area (Å²) >= 11 is 0. The Kier molecular flexibility index (Phi) is 11.8. The number of carboxylic acids is 1. The van der Waals surface area contributed by atoms with Crippen molar-refractivity contribution in [3.05, 3.63) is 12.2 Å². The van der Waals surface area contributed by atoms with E-state index < -0.39 is 12.0 Å². The van der Waals surface area contributed by atoms with Crippen molar-refractivity contribution < 1.29 is 14.7 Å². The minimum Gasteiger partial charge on any atom is -0.480 e. The van der Waals surface area contributed by atoms with Crippen molar-refractivity contribution in [2.45, 2.75) is 64.3 Å². The summed E-state index contributed by atoms with van der Waals surface area (Å²) in [7, 11) is 0. The Bertz CT molecular complexity index is 303. The fraction of sp³-hybridized carbons (Fsp3) is 0.733. The third kappa shape index (κ3) is 11.7. The van der Waals surface area contributed by atoms with Crippen molar-refractivity contribution in [3.63, 3.8) is 0 Å². The van der Waals surface area contributed by atoms with Crippen molar-refractivity contribution >= 4 is 11.9 Å². The molecule has 0 rings (SSSR count). The van der Waals surface area contributed by atoms with Crippen LogP contribution in [0.2, 0.25) is 0 Å². The predicted octanol–water partition coefficient (Wildman–Crippen LogP) is 2.21. The van der Waals surface area contributed by atoms with Gasteiger partial charge in [-0.3, -0.25) is 9.59 Å². The molecule has 0 aliphatic carbocycles. The van der Waals surface area contributed by atoms with E-state index in [2.05, 4.69) is 12.2 Å². The standard InChI is InChI=1S/C15H28N2O3/c1-2-3-4-5-6-7-11-14(18)17-12-9-8-10-13(16)15(19)20/h7,11,13H,2-6,8-10,12,16H2,1H3,(H,17,18)(H,19,20)/b11-7+/t13-/m0/s1. The number of unbranched alkanes of at least 4 members (excludes halogenated alkanes) is 5. The van der Waals surface area contributed by atoms with Gasteiger partial charge in [0, 0.05) is 6.54 Å². The largest absolute Gasteiger partial charge is 0.480 e. The van der Waals surface area contributed by atoms with Crippen LogP contribution in [0.15, 0.2) is 12.2 Å². The maximum absolute atomic E-state index is 11.4. The van der Waals surface area contributed by atoms with Crippen LogP contribution < -0.4 is 11.1 Å². The van der Waals surface area contributed by atoms with Crippen LogP contribution in [0.5, 0.6) is 0 Å². The lowest BCUT2D eigenvalue weighted by molar-refractivity contribution is -0.138. The summed E-state index contributed by atoms with van der Waals surface area (Å²) in [5, 5.41) is 11.4. The molecule has 0 fully saturated rings. The molecule has 1 atom stereocenters. The lowest BCUT2D eigenvalue weighted by Gasteiger charge is -2.06. The Hall–Kier alpha value is -1.36. The molecule has 0 aromatic heterocycles. The van der Waals surface area contributed by atoms with E-state index in [1.165, 1.54) is 19.3 Å². The summed E-state index contributed by atoms with van der Waals surface area (Å²) in [6.45, 7) is 2.73. The number of hydrogen-bond donors (Lipinski definition) is 3. The Morgan fingerprint density at radius 3 is 2.60 bits per heavy atom. The fourth-order valence-corrected chi connectivity index (χ4v) is 1.76. The first kappa shape index (κ1) is 18.6. The summed E-state index contributed by atoms with van der Waals surface area (Å²) in [5.41, 5.74) is 5.38. The van der Waals surface area contributed by atoms with E-state index in [0.29, 0.717) is 19.4 Å². The van der Waals surface area contributed by atoms with Crippen LogP contribution in [-0.4, -0.2) is 29.6 Å². The zero-order chi connectivity index (χ0) is 15.2. The van der Waals surface area contributed by atoms with Gasteiger partial charge in [0.2, 0.25) is 5.91 Å². The second-order valence-electron chi connectivity index (χ2n) is 4.98. The molecule has 5 heteroatoms. The van der Waals surface area contributed by atoms with Crippen molar-refractivity contribution in [1.82, 2.24) is 5.32 Å². The molecule has 20 heavy (non-hydrogen) atoms. The molecular formula is C15H28N2O3. The van der Waals surface area contributed by atoms with Gasteiger partial charge >= 0.3 is 5.97 Å². The van der Waals surface area contributed by atoms with E-state index in [4.69, 9.17) is 10.8 Å². The van der Waals surface area contributed by atoms with Crippen LogP contribution in [0.1, 0.15) is 58.3 Å². The smallest absolute Gasteiger partial charge is 0.320 e. The van der Waals surface area contributed by atoms with Gasteiger partial charge in [-0.15, -0.1) is 0 Å². The molecular weight excluding hydrogens is 256 g/mol. The predicted molar refractivity (Wildman–Crippen MR) is 80.4 cm³/mol. The van der Waals surface area contributed by atoms with Gasteiger partial charge in [0.25, 0.3) is 0 Å². The molecule has 0 heterocycles. The Morgan fingerprint density at radius 2 is 1.95 bits per heavy atom. The van der Waals surface area contributed by atoms with Crippen LogP contribution in [0.3, 0.4) is 0 Å². The Labute approximate surface area is 121 Å². The van der Waals surface area contributed by atoms with Crippen molar-refractivity contribution in [2.24, 2.45) is 5.73 Å². The second kappa shape index (κ2) is 12.7. The number of rotatable bonds is 12. The summed E-state index contributed by atoms with van der Waals surface area (Å²) in [5.74, 6) is -1.05. The van der Waals surface area contributed by atoms with E-state index in [0.717, 1.165) is 19.3 Å². The first-order valence-electron chi connectivity index (χ1n) is 7.50. The molecule has 0 aliphatic heterocycles. The van der Waals surface area contributed by atoms with E-state index in [1.807, 2.05) is 6.08 Å². The van der Waals surface area contributed by atoms with Gasteiger partial charge in [0.05, 0.1) is 0 Å². The number of nitrogens with one attached hydrogen (secondary N) is 1. The summed E-state index contributed by atoms with van der Waals surface area (Å²) in [4.78, 5) is 21.9. The van der Waals surface area contributed by atoms with Gasteiger partial charge in [-0.25, -0.2) is 0 Å². The Balaban J connectivity index is 3.44. The molecule has 0 spiro atoms. The molecule has 0 bridgehead atoms. The van der Waals surface area contributed by atoms with E-state index in [1.54, 1.807) is 6.08 Å². The summed E-state index contributed by atoms with van der Waals surface area (Å²) in [6, 6.07) is -0.797. The van der Waals surface area contributed by atoms with E-state index in [-0.39, 0.29) is 5.91 Å². The SMILES string of the molecule is CCCCCC/C=C/C(=O)NCCCC[C@H](N)C(=O)O. The number of allylic oxidation sites excluding steroid dienone is 1. The number of carbonyl (C=O) groups excluding carboxylic acids is 1. The van der Waals surface area contributed by atoms with Gasteiger partial charge in [-0.05, 0) is 38.2 Å². The van der Waals surface area contributed by atoms with Crippen LogP contribution in [-0.2, 0) is 9.59 Å². The monoisotopic (exact) mass is 284 g/mol. The van der Waals surface area contributed by atoms with Gasteiger partial charge in [-0.1, -0.05) is 32.3 Å². The molecule has 0 saturated heterocycles. The van der Waals surface area contributed by atoms with Gasteiger partial charge in [-0.2, -0.15) is 0 Å². The molecule has 0 saturated carbocycles. The van der Waals surface area contributed by atoms with E-state index >= 15 is 0 Å².